The lowest BCUT2D eigenvalue weighted by Crippen LogP contribution is -2.49. The molecule has 0 aliphatic carbocycles. The first-order chi connectivity index (χ1) is 9.04. The molecule has 0 unspecified atom stereocenters. The van der Waals surface area contributed by atoms with Crippen molar-refractivity contribution in [1.29, 1.82) is 0 Å². The predicted molar refractivity (Wildman–Crippen MR) is 74.3 cm³/mol. The second-order valence-electron chi connectivity index (χ2n) is 4.63. The van der Waals surface area contributed by atoms with E-state index in [-0.39, 0.29) is 11.8 Å². The third-order valence-electron chi connectivity index (χ3n) is 3.08. The molecule has 0 saturated carbocycles. The number of piperazine rings is 1. The molecular weight excluding hydrogens is 242 g/mol. The second-order valence-corrected chi connectivity index (χ2v) is 4.63. The molecule has 0 atom stereocenters. The third-order valence-corrected chi connectivity index (χ3v) is 3.08. The Bertz CT molecular complexity index is 390. The Hall–Kier alpha value is -1.80. The van der Waals surface area contributed by atoms with Gasteiger partial charge in [-0.25, -0.2) is 0 Å². The van der Waals surface area contributed by atoms with Gasteiger partial charge >= 0.3 is 0 Å². The van der Waals surface area contributed by atoms with Crippen LogP contribution in [0, 0.1) is 12.3 Å². The van der Waals surface area contributed by atoms with Crippen molar-refractivity contribution in [1.82, 2.24) is 14.7 Å². The highest BCUT2D eigenvalue weighted by molar-refractivity contribution is 5.87. The molecule has 5 heteroatoms. The quantitative estimate of drug-likeness (QED) is 0.521. The van der Waals surface area contributed by atoms with E-state index in [9.17, 15) is 9.59 Å². The lowest BCUT2D eigenvalue weighted by atomic mass is 10.3. The van der Waals surface area contributed by atoms with E-state index in [1.54, 1.807) is 22.8 Å². The zero-order valence-corrected chi connectivity index (χ0v) is 11.6. The summed E-state index contributed by atoms with van der Waals surface area (Å²) in [4.78, 5) is 28.5. The number of nitrogens with zero attached hydrogens (tertiary/aromatic N) is 3. The Morgan fingerprint density at radius 2 is 1.84 bits per heavy atom. The lowest BCUT2D eigenvalue weighted by molar-refractivity contribution is -0.135. The van der Waals surface area contributed by atoms with Crippen molar-refractivity contribution >= 4 is 11.8 Å². The maximum absolute atomic E-state index is 11.9. The van der Waals surface area contributed by atoms with E-state index in [0.717, 1.165) is 0 Å². The summed E-state index contributed by atoms with van der Waals surface area (Å²) in [7, 11) is 1.90. The maximum Gasteiger partial charge on any atom is 0.246 e. The molecule has 0 N–H and O–H groups in total. The fraction of sp³-hybridized carbons (Fsp3) is 0.571. The Morgan fingerprint density at radius 1 is 1.26 bits per heavy atom. The van der Waals surface area contributed by atoms with Crippen molar-refractivity contribution in [3.63, 3.8) is 0 Å². The molecule has 0 spiro atoms. The molecule has 104 valence electrons. The first-order valence-corrected chi connectivity index (χ1v) is 6.37. The molecule has 0 bridgehead atoms. The summed E-state index contributed by atoms with van der Waals surface area (Å²) < 4.78 is 0. The monoisotopic (exact) mass is 263 g/mol. The van der Waals surface area contributed by atoms with E-state index >= 15 is 0 Å². The summed E-state index contributed by atoms with van der Waals surface area (Å²) in [6.45, 7) is 5.21. The van der Waals surface area contributed by atoms with Gasteiger partial charge in [-0.2, -0.15) is 0 Å². The van der Waals surface area contributed by atoms with Crippen LogP contribution in [0.1, 0.15) is 6.92 Å². The Morgan fingerprint density at radius 3 is 2.37 bits per heavy atom. The van der Waals surface area contributed by atoms with E-state index in [0.29, 0.717) is 39.3 Å². The van der Waals surface area contributed by atoms with Crippen molar-refractivity contribution in [2.75, 3.05) is 46.3 Å². The van der Waals surface area contributed by atoms with Crippen molar-refractivity contribution in [3.8, 4) is 12.3 Å². The number of hydrogen-bond donors (Lipinski definition) is 0. The van der Waals surface area contributed by atoms with Crippen LogP contribution >= 0.6 is 0 Å². The first kappa shape index (κ1) is 15.3. The van der Waals surface area contributed by atoms with Gasteiger partial charge < -0.3 is 9.80 Å². The van der Waals surface area contributed by atoms with Gasteiger partial charge in [0.05, 0.1) is 6.54 Å². The van der Waals surface area contributed by atoms with Gasteiger partial charge in [0, 0.05) is 45.7 Å². The van der Waals surface area contributed by atoms with Crippen LogP contribution < -0.4 is 0 Å². The highest BCUT2D eigenvalue weighted by atomic mass is 16.2. The number of rotatable bonds is 4. The van der Waals surface area contributed by atoms with Gasteiger partial charge in [0.1, 0.15) is 0 Å². The molecule has 2 amide bonds. The minimum Gasteiger partial charge on any atom is -0.339 e. The summed E-state index contributed by atoms with van der Waals surface area (Å²) in [5, 5.41) is 0. The van der Waals surface area contributed by atoms with Gasteiger partial charge in [-0.05, 0) is 7.05 Å². The number of hydrogen-bond acceptors (Lipinski definition) is 3. The predicted octanol–water partition coefficient (Wildman–Crippen LogP) is -0.202. The molecule has 1 aliphatic rings. The zero-order chi connectivity index (χ0) is 14.3. The number of carbonyl (C=O) groups is 2. The van der Waals surface area contributed by atoms with Gasteiger partial charge in [-0.3, -0.25) is 14.5 Å². The average Bonchev–Trinajstić information content (AvgIpc) is 2.39. The van der Waals surface area contributed by atoms with Gasteiger partial charge in [-0.1, -0.05) is 12.0 Å². The standard InChI is InChI=1S/C14H21N3O2/c1-4-7-15(3)8-5-6-14(19)17-11-9-16(10-12-17)13(2)18/h1,5-6H,7-12H2,2-3H3/b6-5+. The molecule has 5 nitrogen and oxygen atoms in total. The van der Waals surface area contributed by atoms with Crippen LogP contribution in [0.25, 0.3) is 0 Å². The van der Waals surface area contributed by atoms with Gasteiger partial charge in [0.15, 0.2) is 0 Å². The summed E-state index contributed by atoms with van der Waals surface area (Å²) in [5.74, 6) is 2.61. The molecule has 0 radical (unpaired) electrons. The fourth-order valence-corrected chi connectivity index (χ4v) is 1.90. The van der Waals surface area contributed by atoms with Crippen LogP contribution in [0.5, 0.6) is 0 Å². The summed E-state index contributed by atoms with van der Waals surface area (Å²) in [6.07, 6.45) is 8.59. The van der Waals surface area contributed by atoms with Crippen LogP contribution in [0.15, 0.2) is 12.2 Å². The summed E-state index contributed by atoms with van der Waals surface area (Å²) >= 11 is 0. The minimum atomic E-state index is -0.00249. The largest absolute Gasteiger partial charge is 0.339 e. The SMILES string of the molecule is C#CCN(C)C/C=C/C(=O)N1CCN(C(C)=O)CC1. The van der Waals surface area contributed by atoms with Crippen molar-refractivity contribution < 1.29 is 9.59 Å². The molecule has 1 rings (SSSR count). The van der Waals surface area contributed by atoms with Crippen LogP contribution in [0.2, 0.25) is 0 Å². The Kier molecular flexibility index (Phi) is 6.10. The van der Waals surface area contributed by atoms with Gasteiger partial charge in [0.2, 0.25) is 11.8 Å². The van der Waals surface area contributed by atoms with E-state index in [4.69, 9.17) is 6.42 Å². The van der Waals surface area contributed by atoms with Crippen molar-refractivity contribution in [3.05, 3.63) is 12.2 Å². The Labute approximate surface area is 114 Å². The van der Waals surface area contributed by atoms with Crippen LogP contribution in [-0.4, -0.2) is 72.8 Å². The second kappa shape index (κ2) is 7.59. The summed E-state index contributed by atoms with van der Waals surface area (Å²) in [6, 6.07) is 0. The third kappa shape index (κ3) is 5.14. The van der Waals surface area contributed by atoms with E-state index < -0.39 is 0 Å². The number of likely N-dealkylation sites (N-methyl/N-ethyl adjacent to an activating group) is 1. The topological polar surface area (TPSA) is 43.9 Å². The Balaban J connectivity index is 2.33. The lowest BCUT2D eigenvalue weighted by Gasteiger charge is -2.33. The minimum absolute atomic E-state index is 0.00249. The normalized spacial score (nSPS) is 15.9. The highest BCUT2D eigenvalue weighted by Crippen LogP contribution is 2.03. The summed E-state index contributed by atoms with van der Waals surface area (Å²) in [5.41, 5.74) is 0. The van der Waals surface area contributed by atoms with Gasteiger partial charge in [-0.15, -0.1) is 6.42 Å². The molecule has 0 aromatic rings. The van der Waals surface area contributed by atoms with E-state index in [2.05, 4.69) is 5.92 Å². The molecule has 0 aromatic heterocycles. The fourth-order valence-electron chi connectivity index (χ4n) is 1.90. The smallest absolute Gasteiger partial charge is 0.246 e. The van der Waals surface area contributed by atoms with E-state index in [1.807, 2.05) is 18.0 Å². The first-order valence-electron chi connectivity index (χ1n) is 6.37. The highest BCUT2D eigenvalue weighted by Gasteiger charge is 2.20. The van der Waals surface area contributed by atoms with Crippen molar-refractivity contribution in [2.45, 2.75) is 6.92 Å². The zero-order valence-electron chi connectivity index (χ0n) is 11.6. The van der Waals surface area contributed by atoms with Gasteiger partial charge in [0.25, 0.3) is 0 Å². The number of amides is 2. The van der Waals surface area contributed by atoms with E-state index in [1.165, 1.54) is 0 Å². The molecule has 1 fully saturated rings. The average molecular weight is 263 g/mol. The molecule has 19 heavy (non-hydrogen) atoms. The van der Waals surface area contributed by atoms with Crippen LogP contribution in [0.3, 0.4) is 0 Å². The maximum atomic E-state index is 11.9. The van der Waals surface area contributed by atoms with Crippen LogP contribution in [-0.2, 0) is 9.59 Å². The molecule has 0 aromatic carbocycles. The van der Waals surface area contributed by atoms with Crippen molar-refractivity contribution in [2.24, 2.45) is 0 Å². The number of terminal acetylenes is 1. The number of carbonyl (C=O) groups excluding carboxylic acids is 2. The molecular formula is C14H21N3O2. The molecule has 1 aliphatic heterocycles. The molecule has 1 heterocycles. The molecule has 1 saturated heterocycles. The van der Waals surface area contributed by atoms with Crippen LogP contribution in [0.4, 0.5) is 0 Å².